The predicted molar refractivity (Wildman–Crippen MR) is 70.3 cm³/mol. The van der Waals surface area contributed by atoms with Gasteiger partial charge in [0.25, 0.3) is 0 Å². The highest BCUT2D eigenvalue weighted by atomic mass is 16.1. The summed E-state index contributed by atoms with van der Waals surface area (Å²) in [4.78, 5) is 20.2. The zero-order valence-electron chi connectivity index (χ0n) is 10.6. The minimum atomic E-state index is -0.452. The first-order chi connectivity index (χ1) is 8.59. The Balaban J connectivity index is 2.19. The lowest BCUT2D eigenvalue weighted by atomic mass is 9.79. The number of carbonyl (C=O) groups is 1. The molecule has 0 atom stereocenters. The quantitative estimate of drug-likeness (QED) is 0.772. The molecule has 0 radical (unpaired) electrons. The average Bonchev–Trinajstić information content (AvgIpc) is 2.39. The fourth-order valence-corrected chi connectivity index (χ4v) is 1.99. The Morgan fingerprint density at radius 3 is 2.33 bits per heavy atom. The lowest BCUT2D eigenvalue weighted by molar-refractivity contribution is 0.0837. The van der Waals surface area contributed by atoms with Crippen molar-refractivity contribution < 1.29 is 4.79 Å². The molecule has 0 aliphatic heterocycles. The molecule has 1 aromatic heterocycles. The van der Waals surface area contributed by atoms with E-state index in [0.717, 1.165) is 5.56 Å². The Hall–Kier alpha value is -2.03. The van der Waals surface area contributed by atoms with E-state index in [-0.39, 0.29) is 5.78 Å². The fourth-order valence-electron chi connectivity index (χ4n) is 1.99. The van der Waals surface area contributed by atoms with E-state index in [4.69, 9.17) is 0 Å². The van der Waals surface area contributed by atoms with E-state index < -0.39 is 5.41 Å². The third kappa shape index (κ3) is 2.80. The molecule has 0 unspecified atom stereocenters. The van der Waals surface area contributed by atoms with Crippen molar-refractivity contribution in [2.45, 2.75) is 20.3 Å². The van der Waals surface area contributed by atoms with E-state index in [0.29, 0.717) is 12.0 Å². The molecule has 0 spiro atoms. The number of Topliss-reactive ketones (excluding diaryl/α,β-unsaturated/α-hetero) is 1. The molecule has 0 saturated heterocycles. The van der Waals surface area contributed by atoms with Crippen molar-refractivity contribution in [2.75, 3.05) is 0 Å². The van der Waals surface area contributed by atoms with Gasteiger partial charge in [-0.25, -0.2) is 9.97 Å². The number of carbonyl (C=O) groups excluding carboxylic acids is 1. The molecule has 1 aromatic carbocycles. The van der Waals surface area contributed by atoms with Crippen LogP contribution in [-0.2, 0) is 6.42 Å². The van der Waals surface area contributed by atoms with Gasteiger partial charge in [-0.1, -0.05) is 44.2 Å². The number of ketones is 1. The van der Waals surface area contributed by atoms with Crippen LogP contribution in [0.4, 0.5) is 0 Å². The highest BCUT2D eigenvalue weighted by molar-refractivity contribution is 5.99. The van der Waals surface area contributed by atoms with Crippen LogP contribution < -0.4 is 0 Å². The second-order valence-corrected chi connectivity index (χ2v) is 5.00. The number of hydrogen-bond acceptors (Lipinski definition) is 3. The van der Waals surface area contributed by atoms with Crippen molar-refractivity contribution in [3.8, 4) is 0 Å². The molecule has 0 fully saturated rings. The molecule has 1 heterocycles. The van der Waals surface area contributed by atoms with Crippen molar-refractivity contribution in [3.63, 3.8) is 0 Å². The molecule has 0 N–H and O–H groups in total. The van der Waals surface area contributed by atoms with E-state index in [1.807, 2.05) is 44.2 Å². The summed E-state index contributed by atoms with van der Waals surface area (Å²) in [7, 11) is 0. The monoisotopic (exact) mass is 240 g/mol. The summed E-state index contributed by atoms with van der Waals surface area (Å²) in [6.07, 6.45) is 5.28. The highest BCUT2D eigenvalue weighted by Gasteiger charge is 2.29. The van der Waals surface area contributed by atoms with Gasteiger partial charge in [0.2, 0.25) is 0 Å². The van der Waals surface area contributed by atoms with Gasteiger partial charge in [0, 0.05) is 17.8 Å². The summed E-state index contributed by atoms with van der Waals surface area (Å²) in [6.45, 7) is 3.91. The van der Waals surface area contributed by atoms with Crippen LogP contribution in [0.1, 0.15) is 29.8 Å². The molecule has 0 amide bonds. The van der Waals surface area contributed by atoms with Gasteiger partial charge in [-0.15, -0.1) is 0 Å². The molecule has 3 heteroatoms. The van der Waals surface area contributed by atoms with Gasteiger partial charge in [0.1, 0.15) is 6.33 Å². The van der Waals surface area contributed by atoms with Crippen LogP contribution in [0.25, 0.3) is 0 Å². The lowest BCUT2D eigenvalue weighted by Gasteiger charge is -2.22. The Labute approximate surface area is 107 Å². The van der Waals surface area contributed by atoms with E-state index >= 15 is 0 Å². The van der Waals surface area contributed by atoms with Crippen molar-refractivity contribution in [2.24, 2.45) is 5.41 Å². The highest BCUT2D eigenvalue weighted by Crippen LogP contribution is 2.26. The third-order valence-corrected chi connectivity index (χ3v) is 2.93. The molecular formula is C15H16N2O. The van der Waals surface area contributed by atoms with Gasteiger partial charge in [0.15, 0.2) is 5.78 Å². The van der Waals surface area contributed by atoms with Crippen LogP contribution in [-0.4, -0.2) is 15.8 Å². The second-order valence-electron chi connectivity index (χ2n) is 5.00. The number of nitrogens with zero attached hydrogens (tertiary/aromatic N) is 2. The first-order valence-corrected chi connectivity index (χ1v) is 5.93. The van der Waals surface area contributed by atoms with Crippen molar-refractivity contribution in [1.82, 2.24) is 9.97 Å². The van der Waals surface area contributed by atoms with Gasteiger partial charge in [-0.3, -0.25) is 4.79 Å². The van der Waals surface area contributed by atoms with Gasteiger partial charge < -0.3 is 0 Å². The Bertz CT molecular complexity index is 521. The van der Waals surface area contributed by atoms with Gasteiger partial charge >= 0.3 is 0 Å². The summed E-state index contributed by atoms with van der Waals surface area (Å²) >= 11 is 0. The Kier molecular flexibility index (Phi) is 3.51. The maximum atomic E-state index is 12.4. The first kappa shape index (κ1) is 12.4. The molecule has 3 nitrogen and oxygen atoms in total. The SMILES string of the molecule is CC(C)(Cc1ccccc1)C(=O)c1cncnc1. The molecule has 2 rings (SSSR count). The molecule has 18 heavy (non-hydrogen) atoms. The molecule has 0 aliphatic rings. The molecule has 0 bridgehead atoms. The van der Waals surface area contributed by atoms with E-state index in [9.17, 15) is 4.79 Å². The molecule has 2 aromatic rings. The zero-order valence-corrected chi connectivity index (χ0v) is 10.6. The molecule has 0 aliphatic carbocycles. The molecule has 0 saturated carbocycles. The van der Waals surface area contributed by atoms with Gasteiger partial charge in [0.05, 0.1) is 5.56 Å². The van der Waals surface area contributed by atoms with Crippen molar-refractivity contribution in [1.29, 1.82) is 0 Å². The first-order valence-electron chi connectivity index (χ1n) is 5.93. The second kappa shape index (κ2) is 5.08. The normalized spacial score (nSPS) is 11.2. The van der Waals surface area contributed by atoms with Crippen molar-refractivity contribution in [3.05, 3.63) is 60.2 Å². The minimum Gasteiger partial charge on any atom is -0.293 e. The van der Waals surface area contributed by atoms with Crippen molar-refractivity contribution >= 4 is 5.78 Å². The average molecular weight is 240 g/mol. The Morgan fingerprint density at radius 2 is 1.72 bits per heavy atom. The van der Waals surface area contributed by atoms with Crippen LogP contribution >= 0.6 is 0 Å². The van der Waals surface area contributed by atoms with Crippen LogP contribution in [0.3, 0.4) is 0 Å². The van der Waals surface area contributed by atoms with Crippen LogP contribution in [0, 0.1) is 5.41 Å². The van der Waals surface area contributed by atoms with Crippen LogP contribution in [0.15, 0.2) is 49.1 Å². The summed E-state index contributed by atoms with van der Waals surface area (Å²) in [5.74, 6) is 0.0759. The summed E-state index contributed by atoms with van der Waals surface area (Å²) < 4.78 is 0. The number of rotatable bonds is 4. The van der Waals surface area contributed by atoms with Crippen LogP contribution in [0.5, 0.6) is 0 Å². The summed E-state index contributed by atoms with van der Waals surface area (Å²) in [5.41, 5.74) is 1.28. The standard InChI is InChI=1S/C15H16N2O/c1-15(2,8-12-6-4-3-5-7-12)14(18)13-9-16-11-17-10-13/h3-7,9-11H,8H2,1-2H3. The molecule has 92 valence electrons. The van der Waals surface area contributed by atoms with Crippen LogP contribution in [0.2, 0.25) is 0 Å². The topological polar surface area (TPSA) is 42.9 Å². The fraction of sp³-hybridized carbons (Fsp3) is 0.267. The summed E-state index contributed by atoms with van der Waals surface area (Å²) in [6, 6.07) is 10.0. The largest absolute Gasteiger partial charge is 0.293 e. The lowest BCUT2D eigenvalue weighted by Crippen LogP contribution is -2.27. The number of hydrogen-bond donors (Lipinski definition) is 0. The maximum absolute atomic E-state index is 12.4. The predicted octanol–water partition coefficient (Wildman–Crippen LogP) is 2.93. The number of aromatic nitrogens is 2. The van der Waals surface area contributed by atoms with E-state index in [1.54, 1.807) is 12.4 Å². The summed E-state index contributed by atoms with van der Waals surface area (Å²) in [5, 5.41) is 0. The Morgan fingerprint density at radius 1 is 1.11 bits per heavy atom. The molecular weight excluding hydrogens is 224 g/mol. The third-order valence-electron chi connectivity index (χ3n) is 2.93. The van der Waals surface area contributed by atoms with Gasteiger partial charge in [-0.05, 0) is 12.0 Å². The van der Waals surface area contributed by atoms with E-state index in [1.165, 1.54) is 6.33 Å². The smallest absolute Gasteiger partial charge is 0.171 e. The van der Waals surface area contributed by atoms with Gasteiger partial charge in [-0.2, -0.15) is 0 Å². The zero-order chi connectivity index (χ0) is 13.0. The maximum Gasteiger partial charge on any atom is 0.171 e. The minimum absolute atomic E-state index is 0.0759. The number of benzene rings is 1. The van der Waals surface area contributed by atoms with E-state index in [2.05, 4.69) is 9.97 Å².